The summed E-state index contributed by atoms with van der Waals surface area (Å²) in [6.45, 7) is 11.8. The minimum absolute atomic E-state index is 0.188. The van der Waals surface area contributed by atoms with Gasteiger partial charge in [0.1, 0.15) is 0 Å². The predicted molar refractivity (Wildman–Crippen MR) is 71.7 cm³/mol. The quantitative estimate of drug-likeness (QED) is 0.635. The molecule has 0 saturated carbocycles. The lowest BCUT2D eigenvalue weighted by atomic mass is 9.86. The average Bonchev–Trinajstić information content (AvgIpc) is 2.16. The van der Waals surface area contributed by atoms with Crippen LogP contribution in [0.25, 0.3) is 0 Å². The van der Waals surface area contributed by atoms with Crippen LogP contribution in [0, 0.1) is 5.41 Å². The summed E-state index contributed by atoms with van der Waals surface area (Å²) in [5.41, 5.74) is 0.188. The summed E-state index contributed by atoms with van der Waals surface area (Å²) >= 11 is 0. The molecule has 98 valence electrons. The summed E-state index contributed by atoms with van der Waals surface area (Å²) in [7, 11) is 0. The second kappa shape index (κ2) is 8.08. The van der Waals surface area contributed by atoms with E-state index in [1.54, 1.807) is 0 Å². The summed E-state index contributed by atoms with van der Waals surface area (Å²) < 4.78 is 0. The number of hydrogen-bond acceptors (Lipinski definition) is 2. The first-order valence-corrected chi connectivity index (χ1v) is 6.82. The zero-order valence-electron chi connectivity index (χ0n) is 11.8. The van der Waals surface area contributed by atoms with Crippen LogP contribution in [0.2, 0.25) is 0 Å². The Labute approximate surface area is 102 Å². The van der Waals surface area contributed by atoms with Crippen molar-refractivity contribution in [2.24, 2.45) is 5.41 Å². The molecule has 2 nitrogen and oxygen atoms in total. The normalized spacial score (nSPS) is 16.1. The standard InChI is InChI=1S/C14H31NO/c1-6-8-9-13(7-2)15-11-14(4,5)10-12(3)16/h12-13,15-16H,6-11H2,1-5H3. The molecule has 2 atom stereocenters. The Balaban J connectivity index is 3.89. The van der Waals surface area contributed by atoms with E-state index in [1.807, 2.05) is 6.92 Å². The first kappa shape index (κ1) is 15.9. The van der Waals surface area contributed by atoms with E-state index in [4.69, 9.17) is 0 Å². The van der Waals surface area contributed by atoms with Gasteiger partial charge >= 0.3 is 0 Å². The van der Waals surface area contributed by atoms with Gasteiger partial charge in [0.15, 0.2) is 0 Å². The fourth-order valence-corrected chi connectivity index (χ4v) is 2.19. The summed E-state index contributed by atoms with van der Waals surface area (Å²) in [5, 5.41) is 13.1. The van der Waals surface area contributed by atoms with Gasteiger partial charge in [-0.1, -0.05) is 40.5 Å². The first-order chi connectivity index (χ1) is 7.41. The van der Waals surface area contributed by atoms with E-state index in [9.17, 15) is 5.11 Å². The van der Waals surface area contributed by atoms with Gasteiger partial charge in [-0.25, -0.2) is 0 Å². The van der Waals surface area contributed by atoms with Crippen molar-refractivity contribution < 1.29 is 5.11 Å². The molecule has 0 aromatic heterocycles. The number of hydrogen-bond donors (Lipinski definition) is 2. The molecule has 0 amide bonds. The number of aliphatic hydroxyl groups excluding tert-OH is 1. The summed E-state index contributed by atoms with van der Waals surface area (Å²) in [5.74, 6) is 0. The molecule has 2 N–H and O–H groups in total. The Hall–Kier alpha value is -0.0800. The van der Waals surface area contributed by atoms with Crippen LogP contribution in [0.3, 0.4) is 0 Å². The van der Waals surface area contributed by atoms with E-state index in [1.165, 1.54) is 25.7 Å². The van der Waals surface area contributed by atoms with Crippen molar-refractivity contribution in [1.82, 2.24) is 5.32 Å². The van der Waals surface area contributed by atoms with E-state index >= 15 is 0 Å². The minimum Gasteiger partial charge on any atom is -0.393 e. The van der Waals surface area contributed by atoms with E-state index in [0.717, 1.165) is 13.0 Å². The fraction of sp³-hybridized carbons (Fsp3) is 1.00. The maximum atomic E-state index is 9.42. The van der Waals surface area contributed by atoms with Gasteiger partial charge in [-0.2, -0.15) is 0 Å². The minimum atomic E-state index is -0.201. The van der Waals surface area contributed by atoms with Crippen LogP contribution in [0.5, 0.6) is 0 Å². The third-order valence-corrected chi connectivity index (χ3v) is 3.12. The van der Waals surface area contributed by atoms with Crippen molar-refractivity contribution in [1.29, 1.82) is 0 Å². The van der Waals surface area contributed by atoms with Gasteiger partial charge in [-0.3, -0.25) is 0 Å². The first-order valence-electron chi connectivity index (χ1n) is 6.82. The maximum absolute atomic E-state index is 9.42. The lowest BCUT2D eigenvalue weighted by Gasteiger charge is -2.29. The van der Waals surface area contributed by atoms with E-state index in [-0.39, 0.29) is 11.5 Å². The second-order valence-corrected chi connectivity index (χ2v) is 5.85. The molecule has 0 aliphatic heterocycles. The summed E-state index contributed by atoms with van der Waals surface area (Å²) in [6.07, 6.45) is 5.72. The molecule has 2 heteroatoms. The SMILES string of the molecule is CCCCC(CC)NCC(C)(C)CC(C)O. The highest BCUT2D eigenvalue weighted by Gasteiger charge is 2.21. The summed E-state index contributed by atoms with van der Waals surface area (Å²) in [4.78, 5) is 0. The molecular formula is C14H31NO. The van der Waals surface area contributed by atoms with E-state index in [2.05, 4.69) is 33.0 Å². The van der Waals surface area contributed by atoms with Crippen LogP contribution in [-0.4, -0.2) is 23.8 Å². The van der Waals surface area contributed by atoms with Crippen molar-refractivity contribution >= 4 is 0 Å². The van der Waals surface area contributed by atoms with Gasteiger partial charge in [-0.15, -0.1) is 0 Å². The van der Waals surface area contributed by atoms with Gasteiger partial charge < -0.3 is 10.4 Å². The Morgan fingerprint density at radius 1 is 1.25 bits per heavy atom. The van der Waals surface area contributed by atoms with Crippen LogP contribution in [0.1, 0.15) is 66.7 Å². The van der Waals surface area contributed by atoms with Crippen LogP contribution in [-0.2, 0) is 0 Å². The lowest BCUT2D eigenvalue weighted by molar-refractivity contribution is 0.126. The van der Waals surface area contributed by atoms with Crippen molar-refractivity contribution in [2.45, 2.75) is 78.9 Å². The molecule has 2 unspecified atom stereocenters. The largest absolute Gasteiger partial charge is 0.393 e. The molecule has 0 heterocycles. The Morgan fingerprint density at radius 3 is 2.31 bits per heavy atom. The van der Waals surface area contributed by atoms with Crippen LogP contribution >= 0.6 is 0 Å². The number of rotatable bonds is 9. The number of nitrogens with one attached hydrogen (secondary N) is 1. The van der Waals surface area contributed by atoms with Crippen LogP contribution in [0.4, 0.5) is 0 Å². The molecule has 0 fully saturated rings. The van der Waals surface area contributed by atoms with Crippen LogP contribution < -0.4 is 5.32 Å². The molecule has 0 aromatic carbocycles. The molecule has 0 rings (SSSR count). The van der Waals surface area contributed by atoms with Gasteiger partial charge in [0.2, 0.25) is 0 Å². The predicted octanol–water partition coefficient (Wildman–Crippen LogP) is 3.34. The monoisotopic (exact) mass is 229 g/mol. The highest BCUT2D eigenvalue weighted by Crippen LogP contribution is 2.21. The van der Waals surface area contributed by atoms with Gasteiger partial charge in [0.25, 0.3) is 0 Å². The van der Waals surface area contributed by atoms with Crippen molar-refractivity contribution in [3.05, 3.63) is 0 Å². The molecule has 0 aliphatic carbocycles. The van der Waals surface area contributed by atoms with Crippen molar-refractivity contribution in [3.63, 3.8) is 0 Å². The van der Waals surface area contributed by atoms with Gasteiger partial charge in [0, 0.05) is 12.6 Å². The molecule has 0 spiro atoms. The summed E-state index contributed by atoms with van der Waals surface area (Å²) in [6, 6.07) is 0.647. The van der Waals surface area contributed by atoms with E-state index < -0.39 is 0 Å². The molecular weight excluding hydrogens is 198 g/mol. The highest BCUT2D eigenvalue weighted by molar-refractivity contribution is 4.76. The van der Waals surface area contributed by atoms with Gasteiger partial charge in [-0.05, 0) is 31.6 Å². The zero-order valence-corrected chi connectivity index (χ0v) is 11.8. The molecule has 0 saturated heterocycles. The second-order valence-electron chi connectivity index (χ2n) is 5.85. The molecule has 0 aliphatic rings. The maximum Gasteiger partial charge on any atom is 0.0517 e. The van der Waals surface area contributed by atoms with Crippen LogP contribution in [0.15, 0.2) is 0 Å². The van der Waals surface area contributed by atoms with E-state index in [0.29, 0.717) is 6.04 Å². The molecule has 0 radical (unpaired) electrons. The number of unbranched alkanes of at least 4 members (excludes halogenated alkanes) is 1. The Kier molecular flexibility index (Phi) is 8.04. The highest BCUT2D eigenvalue weighted by atomic mass is 16.3. The topological polar surface area (TPSA) is 32.3 Å². The average molecular weight is 229 g/mol. The lowest BCUT2D eigenvalue weighted by Crippen LogP contribution is -2.38. The van der Waals surface area contributed by atoms with Gasteiger partial charge in [0.05, 0.1) is 6.10 Å². The number of aliphatic hydroxyl groups is 1. The third-order valence-electron chi connectivity index (χ3n) is 3.12. The molecule has 0 aromatic rings. The Bertz CT molecular complexity index is 166. The fourth-order valence-electron chi connectivity index (χ4n) is 2.19. The zero-order chi connectivity index (χ0) is 12.6. The Morgan fingerprint density at radius 2 is 1.88 bits per heavy atom. The smallest absolute Gasteiger partial charge is 0.0517 e. The third kappa shape index (κ3) is 8.12. The van der Waals surface area contributed by atoms with Crippen molar-refractivity contribution in [2.75, 3.05) is 6.54 Å². The molecule has 0 bridgehead atoms. The van der Waals surface area contributed by atoms with Crippen molar-refractivity contribution in [3.8, 4) is 0 Å². The molecule has 16 heavy (non-hydrogen) atoms.